The van der Waals surface area contributed by atoms with Gasteiger partial charge in [0.05, 0.1) is 13.2 Å². The Hall–Kier alpha value is -0.580. The second-order valence-corrected chi connectivity index (χ2v) is 6.24. The van der Waals surface area contributed by atoms with Gasteiger partial charge in [-0.25, -0.2) is 0 Å². The molecule has 0 aliphatic carbocycles. The molecule has 1 unspecified atom stereocenters. The first-order valence-corrected chi connectivity index (χ1v) is 7.67. The summed E-state index contributed by atoms with van der Waals surface area (Å²) in [5.74, 6) is 1.51. The number of ether oxygens (including phenoxy) is 2. The standard InChI is InChI=1S/C15H22BrNO2/c1-11(2)17-8-13-7-14(16)3-4-15(13)19-10-12-5-6-18-9-12/h3-4,7,11-12,17H,5-6,8-10H2,1-2H3. The molecular formula is C15H22BrNO2. The Morgan fingerprint density at radius 3 is 3.00 bits per heavy atom. The van der Waals surface area contributed by atoms with E-state index in [-0.39, 0.29) is 0 Å². The number of rotatable bonds is 6. The first-order valence-electron chi connectivity index (χ1n) is 6.87. The van der Waals surface area contributed by atoms with Crippen molar-refractivity contribution in [2.75, 3.05) is 19.8 Å². The zero-order valence-corrected chi connectivity index (χ0v) is 13.2. The average Bonchev–Trinajstić information content (AvgIpc) is 2.88. The maximum absolute atomic E-state index is 5.97. The Labute approximate surface area is 123 Å². The highest BCUT2D eigenvalue weighted by Crippen LogP contribution is 2.24. The second-order valence-electron chi connectivity index (χ2n) is 5.33. The van der Waals surface area contributed by atoms with E-state index >= 15 is 0 Å². The molecular weight excluding hydrogens is 306 g/mol. The molecule has 0 aromatic heterocycles. The van der Waals surface area contributed by atoms with Crippen LogP contribution in [-0.2, 0) is 11.3 Å². The average molecular weight is 328 g/mol. The predicted octanol–water partition coefficient (Wildman–Crippen LogP) is 3.36. The van der Waals surface area contributed by atoms with Gasteiger partial charge < -0.3 is 14.8 Å². The number of halogens is 1. The molecule has 1 aromatic rings. The molecule has 1 heterocycles. The van der Waals surface area contributed by atoms with E-state index in [1.54, 1.807) is 0 Å². The third-order valence-electron chi connectivity index (χ3n) is 3.22. The summed E-state index contributed by atoms with van der Waals surface area (Å²) in [5.41, 5.74) is 1.20. The van der Waals surface area contributed by atoms with Crippen molar-refractivity contribution in [1.82, 2.24) is 5.32 Å². The van der Waals surface area contributed by atoms with E-state index in [1.165, 1.54) is 5.56 Å². The molecule has 3 nitrogen and oxygen atoms in total. The van der Waals surface area contributed by atoms with Crippen LogP contribution in [0.25, 0.3) is 0 Å². The van der Waals surface area contributed by atoms with E-state index in [0.717, 1.165) is 43.0 Å². The number of hydrogen-bond acceptors (Lipinski definition) is 3. The zero-order valence-electron chi connectivity index (χ0n) is 11.6. The van der Waals surface area contributed by atoms with E-state index in [9.17, 15) is 0 Å². The number of nitrogens with one attached hydrogen (secondary N) is 1. The molecule has 1 atom stereocenters. The summed E-state index contributed by atoms with van der Waals surface area (Å²) in [6.07, 6.45) is 1.11. The second kappa shape index (κ2) is 7.27. The molecule has 0 saturated carbocycles. The summed E-state index contributed by atoms with van der Waals surface area (Å²) in [6, 6.07) is 6.65. The van der Waals surface area contributed by atoms with Gasteiger partial charge in [-0.3, -0.25) is 0 Å². The van der Waals surface area contributed by atoms with Crippen LogP contribution in [0.1, 0.15) is 25.8 Å². The van der Waals surface area contributed by atoms with E-state index in [2.05, 4.69) is 41.2 Å². The van der Waals surface area contributed by atoms with Gasteiger partial charge in [0.1, 0.15) is 5.75 Å². The largest absolute Gasteiger partial charge is 0.493 e. The Morgan fingerprint density at radius 2 is 2.32 bits per heavy atom. The molecule has 1 aliphatic heterocycles. The van der Waals surface area contributed by atoms with Gasteiger partial charge in [-0.05, 0) is 24.6 Å². The minimum absolute atomic E-state index is 0.468. The lowest BCUT2D eigenvalue weighted by molar-refractivity contribution is 0.166. The predicted molar refractivity (Wildman–Crippen MR) is 80.5 cm³/mol. The lowest BCUT2D eigenvalue weighted by Crippen LogP contribution is -2.22. The highest BCUT2D eigenvalue weighted by Gasteiger charge is 2.17. The van der Waals surface area contributed by atoms with Crippen molar-refractivity contribution in [2.45, 2.75) is 32.9 Å². The van der Waals surface area contributed by atoms with Crippen molar-refractivity contribution in [2.24, 2.45) is 5.92 Å². The van der Waals surface area contributed by atoms with Crippen LogP contribution in [0.2, 0.25) is 0 Å². The van der Waals surface area contributed by atoms with E-state index in [0.29, 0.717) is 12.0 Å². The van der Waals surface area contributed by atoms with Crippen LogP contribution in [-0.4, -0.2) is 25.9 Å². The minimum atomic E-state index is 0.468. The molecule has 19 heavy (non-hydrogen) atoms. The van der Waals surface area contributed by atoms with Gasteiger partial charge in [0, 0.05) is 35.1 Å². The maximum atomic E-state index is 5.97. The first kappa shape index (κ1) is 14.8. The van der Waals surface area contributed by atoms with Crippen LogP contribution in [0, 0.1) is 5.92 Å². The van der Waals surface area contributed by atoms with Crippen molar-refractivity contribution in [3.05, 3.63) is 28.2 Å². The van der Waals surface area contributed by atoms with Crippen LogP contribution in [0.5, 0.6) is 5.75 Å². The molecule has 1 fully saturated rings. The Morgan fingerprint density at radius 1 is 1.47 bits per heavy atom. The Bertz CT molecular complexity index is 403. The summed E-state index contributed by atoms with van der Waals surface area (Å²) in [7, 11) is 0. The summed E-state index contributed by atoms with van der Waals surface area (Å²) in [4.78, 5) is 0. The van der Waals surface area contributed by atoms with Gasteiger partial charge in [0.2, 0.25) is 0 Å². The quantitative estimate of drug-likeness (QED) is 0.869. The fourth-order valence-corrected chi connectivity index (χ4v) is 2.47. The summed E-state index contributed by atoms with van der Waals surface area (Å²) >= 11 is 3.52. The first-order chi connectivity index (χ1) is 9.15. The van der Waals surface area contributed by atoms with E-state index < -0.39 is 0 Å². The molecule has 2 rings (SSSR count). The molecule has 0 spiro atoms. The monoisotopic (exact) mass is 327 g/mol. The van der Waals surface area contributed by atoms with Crippen molar-refractivity contribution in [1.29, 1.82) is 0 Å². The minimum Gasteiger partial charge on any atom is -0.493 e. The Kier molecular flexibility index (Phi) is 5.67. The smallest absolute Gasteiger partial charge is 0.123 e. The van der Waals surface area contributed by atoms with Crippen LogP contribution in [0.3, 0.4) is 0 Å². The molecule has 1 saturated heterocycles. The molecule has 0 bridgehead atoms. The van der Waals surface area contributed by atoms with Crippen molar-refractivity contribution in [3.63, 3.8) is 0 Å². The molecule has 1 N–H and O–H groups in total. The van der Waals surface area contributed by atoms with Crippen LogP contribution < -0.4 is 10.1 Å². The molecule has 0 amide bonds. The highest BCUT2D eigenvalue weighted by molar-refractivity contribution is 9.10. The third-order valence-corrected chi connectivity index (χ3v) is 3.72. The van der Waals surface area contributed by atoms with Crippen LogP contribution >= 0.6 is 15.9 Å². The van der Waals surface area contributed by atoms with Crippen LogP contribution in [0.4, 0.5) is 0 Å². The van der Waals surface area contributed by atoms with Gasteiger partial charge in [-0.2, -0.15) is 0 Å². The van der Waals surface area contributed by atoms with Crippen molar-refractivity contribution < 1.29 is 9.47 Å². The normalized spacial score (nSPS) is 19.1. The Balaban J connectivity index is 1.96. The summed E-state index contributed by atoms with van der Waals surface area (Å²) in [5, 5.41) is 3.43. The topological polar surface area (TPSA) is 30.5 Å². The number of hydrogen-bond donors (Lipinski definition) is 1. The molecule has 1 aromatic carbocycles. The third kappa shape index (κ3) is 4.79. The van der Waals surface area contributed by atoms with Gasteiger partial charge in [0.15, 0.2) is 0 Å². The number of benzene rings is 1. The van der Waals surface area contributed by atoms with Gasteiger partial charge in [-0.15, -0.1) is 0 Å². The SMILES string of the molecule is CC(C)NCc1cc(Br)ccc1OCC1CCOC1. The molecule has 4 heteroatoms. The lowest BCUT2D eigenvalue weighted by atomic mass is 10.1. The summed E-state index contributed by atoms with van der Waals surface area (Å²) < 4.78 is 12.4. The maximum Gasteiger partial charge on any atom is 0.123 e. The molecule has 106 valence electrons. The molecule has 1 aliphatic rings. The van der Waals surface area contributed by atoms with Crippen molar-refractivity contribution >= 4 is 15.9 Å². The lowest BCUT2D eigenvalue weighted by Gasteiger charge is -2.16. The highest BCUT2D eigenvalue weighted by atomic mass is 79.9. The fraction of sp³-hybridized carbons (Fsp3) is 0.600. The van der Waals surface area contributed by atoms with E-state index in [1.807, 2.05) is 12.1 Å². The van der Waals surface area contributed by atoms with Gasteiger partial charge in [0.25, 0.3) is 0 Å². The fourth-order valence-electron chi connectivity index (χ4n) is 2.06. The van der Waals surface area contributed by atoms with E-state index in [4.69, 9.17) is 9.47 Å². The zero-order chi connectivity index (χ0) is 13.7. The van der Waals surface area contributed by atoms with Gasteiger partial charge in [-0.1, -0.05) is 29.8 Å². The molecule has 0 radical (unpaired) electrons. The van der Waals surface area contributed by atoms with Crippen LogP contribution in [0.15, 0.2) is 22.7 Å². The van der Waals surface area contributed by atoms with Gasteiger partial charge >= 0.3 is 0 Å². The van der Waals surface area contributed by atoms with Crippen molar-refractivity contribution in [3.8, 4) is 5.75 Å². The summed E-state index contributed by atoms with van der Waals surface area (Å²) in [6.45, 7) is 7.57.